The van der Waals surface area contributed by atoms with Gasteiger partial charge in [-0.05, 0) is 36.5 Å². The molecule has 0 unspecified atom stereocenters. The summed E-state index contributed by atoms with van der Waals surface area (Å²) in [5.74, 6) is -0.105. The zero-order chi connectivity index (χ0) is 22.6. The van der Waals surface area contributed by atoms with Crippen molar-refractivity contribution >= 4 is 24.0 Å². The molecule has 2 aliphatic rings. The Morgan fingerprint density at radius 1 is 1.19 bits per heavy atom. The first kappa shape index (κ1) is 21.3. The Labute approximate surface area is 185 Å². The predicted octanol–water partition coefficient (Wildman–Crippen LogP) is 2.85. The molecule has 2 atom stereocenters. The first-order valence-corrected chi connectivity index (χ1v) is 10.4. The lowest BCUT2D eigenvalue weighted by Crippen LogP contribution is -2.49. The zero-order valence-electron chi connectivity index (χ0n) is 17.4. The monoisotopic (exact) mass is 432 g/mol. The number of hydrogen-bond donors (Lipinski definition) is 3. The van der Waals surface area contributed by atoms with Gasteiger partial charge in [0.2, 0.25) is 5.91 Å². The van der Waals surface area contributed by atoms with E-state index >= 15 is 0 Å². The van der Waals surface area contributed by atoms with Gasteiger partial charge in [-0.15, -0.1) is 0 Å². The summed E-state index contributed by atoms with van der Waals surface area (Å²) in [6.45, 7) is 0.291. The SMILES string of the molecule is O=C(c1cnc[nH]1)N1CC[C@@]2(C(=O)Nc3ccccc32)[C@@H]1CCc1ccccc1.O=CO. The number of amides is 2. The van der Waals surface area contributed by atoms with Crippen molar-refractivity contribution in [2.24, 2.45) is 0 Å². The van der Waals surface area contributed by atoms with Gasteiger partial charge >= 0.3 is 0 Å². The van der Waals surface area contributed by atoms with Gasteiger partial charge in [-0.1, -0.05) is 48.5 Å². The van der Waals surface area contributed by atoms with Crippen LogP contribution in [0.4, 0.5) is 5.69 Å². The molecule has 3 aromatic rings. The largest absolute Gasteiger partial charge is 0.483 e. The molecular weight excluding hydrogens is 408 g/mol. The number of carbonyl (C=O) groups excluding carboxylic acids is 2. The average Bonchev–Trinajstić information content (AvgIpc) is 3.53. The molecule has 3 N–H and O–H groups in total. The molecule has 2 aliphatic heterocycles. The summed E-state index contributed by atoms with van der Waals surface area (Å²) in [6, 6.07) is 17.8. The van der Waals surface area contributed by atoms with Gasteiger partial charge in [-0.2, -0.15) is 0 Å². The van der Waals surface area contributed by atoms with Crippen LogP contribution in [0.5, 0.6) is 0 Å². The lowest BCUT2D eigenvalue weighted by atomic mass is 9.73. The van der Waals surface area contributed by atoms with Crippen molar-refractivity contribution in [3.8, 4) is 0 Å². The molecule has 32 heavy (non-hydrogen) atoms. The number of carbonyl (C=O) groups is 3. The van der Waals surface area contributed by atoms with Crippen LogP contribution in [0.15, 0.2) is 67.1 Å². The lowest BCUT2D eigenvalue weighted by Gasteiger charge is -2.34. The predicted molar refractivity (Wildman–Crippen MR) is 118 cm³/mol. The fourth-order valence-corrected chi connectivity index (χ4v) is 4.92. The summed E-state index contributed by atoms with van der Waals surface area (Å²) < 4.78 is 0. The van der Waals surface area contributed by atoms with Gasteiger partial charge in [0.15, 0.2) is 0 Å². The van der Waals surface area contributed by atoms with Gasteiger partial charge in [-0.3, -0.25) is 14.4 Å². The van der Waals surface area contributed by atoms with Crippen molar-refractivity contribution in [1.29, 1.82) is 0 Å². The van der Waals surface area contributed by atoms with Gasteiger partial charge in [-0.25, -0.2) is 4.98 Å². The number of nitrogens with zero attached hydrogens (tertiary/aromatic N) is 2. The lowest BCUT2D eigenvalue weighted by molar-refractivity contribution is -0.123. The second-order valence-electron chi connectivity index (χ2n) is 7.83. The molecule has 8 heteroatoms. The molecule has 0 radical (unpaired) electrons. The Morgan fingerprint density at radius 2 is 1.91 bits per heavy atom. The van der Waals surface area contributed by atoms with Crippen LogP contribution in [0.25, 0.3) is 0 Å². The van der Waals surface area contributed by atoms with Crippen molar-refractivity contribution in [3.63, 3.8) is 0 Å². The number of fused-ring (bicyclic) bond motifs is 2. The van der Waals surface area contributed by atoms with Crippen LogP contribution in [0.1, 0.15) is 34.5 Å². The number of benzene rings is 2. The third-order valence-electron chi connectivity index (χ3n) is 6.29. The number of anilines is 1. The summed E-state index contributed by atoms with van der Waals surface area (Å²) in [5, 5.41) is 9.94. The Kier molecular flexibility index (Phi) is 6.02. The molecule has 1 spiro atoms. The Morgan fingerprint density at radius 3 is 2.62 bits per heavy atom. The second-order valence-corrected chi connectivity index (χ2v) is 7.83. The number of carboxylic acid groups (broad SMARTS) is 1. The molecular formula is C24H24N4O4. The smallest absolute Gasteiger partial charge is 0.290 e. The number of aryl methyl sites for hydroxylation is 1. The highest BCUT2D eigenvalue weighted by Crippen LogP contribution is 2.49. The van der Waals surface area contributed by atoms with Gasteiger partial charge in [0, 0.05) is 12.2 Å². The van der Waals surface area contributed by atoms with E-state index in [1.807, 2.05) is 47.4 Å². The molecule has 2 amide bonds. The van der Waals surface area contributed by atoms with Crippen molar-refractivity contribution < 1.29 is 19.5 Å². The average molecular weight is 432 g/mol. The molecule has 8 nitrogen and oxygen atoms in total. The van der Waals surface area contributed by atoms with Crippen LogP contribution >= 0.6 is 0 Å². The summed E-state index contributed by atoms with van der Waals surface area (Å²) in [6.07, 6.45) is 5.19. The van der Waals surface area contributed by atoms with Crippen molar-refractivity contribution in [3.05, 3.63) is 83.9 Å². The van der Waals surface area contributed by atoms with Gasteiger partial charge in [0.1, 0.15) is 5.69 Å². The molecule has 2 aromatic carbocycles. The fraction of sp³-hybridized carbons (Fsp3) is 0.250. The van der Waals surface area contributed by atoms with Crippen molar-refractivity contribution in [2.75, 3.05) is 11.9 Å². The first-order valence-electron chi connectivity index (χ1n) is 10.4. The van der Waals surface area contributed by atoms with E-state index in [2.05, 4.69) is 27.4 Å². The van der Waals surface area contributed by atoms with Crippen LogP contribution in [0, 0.1) is 0 Å². The number of aromatic amines is 1. The normalized spacial score (nSPS) is 20.9. The van der Waals surface area contributed by atoms with Crippen LogP contribution in [0.3, 0.4) is 0 Å². The van der Waals surface area contributed by atoms with E-state index in [0.29, 0.717) is 25.1 Å². The van der Waals surface area contributed by atoms with E-state index in [1.54, 1.807) is 6.20 Å². The van der Waals surface area contributed by atoms with E-state index in [4.69, 9.17) is 9.90 Å². The molecule has 0 saturated carbocycles. The number of H-pyrrole nitrogens is 1. The Balaban J connectivity index is 0.000000775. The molecule has 1 saturated heterocycles. The van der Waals surface area contributed by atoms with Crippen LogP contribution in [-0.2, 0) is 21.4 Å². The molecule has 5 rings (SSSR count). The number of hydrogen-bond acceptors (Lipinski definition) is 4. The molecule has 1 fully saturated rings. The number of para-hydroxylation sites is 1. The standard InChI is InChI=1S/C23H22N4O2.CH2O2/c28-21(19-14-24-15-25-19)27-13-12-23(17-8-4-5-9-18(17)26-22(23)29)20(27)11-10-16-6-2-1-3-7-16;2-1-3/h1-9,14-15,20H,10-13H2,(H,24,25)(H,26,29);1H,(H,2,3)/t20-,23-;/m0./s1. The van der Waals surface area contributed by atoms with Gasteiger partial charge in [0.25, 0.3) is 12.4 Å². The number of likely N-dealkylation sites (tertiary alicyclic amines) is 1. The topological polar surface area (TPSA) is 115 Å². The molecule has 0 bridgehead atoms. The zero-order valence-corrected chi connectivity index (χ0v) is 17.4. The van der Waals surface area contributed by atoms with E-state index in [1.165, 1.54) is 11.9 Å². The number of rotatable bonds is 4. The van der Waals surface area contributed by atoms with Gasteiger partial charge < -0.3 is 20.3 Å². The highest BCUT2D eigenvalue weighted by atomic mass is 16.3. The maximum absolute atomic E-state index is 13.3. The molecule has 1 aromatic heterocycles. The maximum Gasteiger partial charge on any atom is 0.290 e. The number of nitrogens with one attached hydrogen (secondary N) is 2. The maximum atomic E-state index is 13.3. The van der Waals surface area contributed by atoms with Crippen LogP contribution < -0.4 is 5.32 Å². The van der Waals surface area contributed by atoms with E-state index < -0.39 is 5.41 Å². The first-order chi connectivity index (χ1) is 15.6. The van der Waals surface area contributed by atoms with E-state index in [0.717, 1.165) is 17.7 Å². The molecule has 3 heterocycles. The number of aromatic nitrogens is 2. The van der Waals surface area contributed by atoms with Crippen LogP contribution in [-0.4, -0.2) is 50.8 Å². The highest BCUT2D eigenvalue weighted by Gasteiger charge is 2.58. The Hall–Kier alpha value is -3.94. The quantitative estimate of drug-likeness (QED) is 0.549. The molecule has 164 valence electrons. The minimum Gasteiger partial charge on any atom is -0.483 e. The summed E-state index contributed by atoms with van der Waals surface area (Å²) in [4.78, 5) is 43.6. The minimum atomic E-state index is -0.707. The third kappa shape index (κ3) is 3.64. The van der Waals surface area contributed by atoms with E-state index in [9.17, 15) is 9.59 Å². The third-order valence-corrected chi connectivity index (χ3v) is 6.29. The summed E-state index contributed by atoms with van der Waals surface area (Å²) >= 11 is 0. The van der Waals surface area contributed by atoms with E-state index in [-0.39, 0.29) is 24.3 Å². The van der Waals surface area contributed by atoms with Gasteiger partial charge in [0.05, 0.1) is 24.0 Å². The second kappa shape index (κ2) is 9.05. The highest BCUT2D eigenvalue weighted by molar-refractivity contribution is 6.08. The summed E-state index contributed by atoms with van der Waals surface area (Å²) in [7, 11) is 0. The molecule has 0 aliphatic carbocycles. The summed E-state index contributed by atoms with van der Waals surface area (Å²) in [5.41, 5.74) is 2.82. The Bertz CT molecular complexity index is 1100. The number of imidazole rings is 1. The fourth-order valence-electron chi connectivity index (χ4n) is 4.92. The minimum absolute atomic E-state index is 0.00308. The van der Waals surface area contributed by atoms with Crippen molar-refractivity contribution in [2.45, 2.75) is 30.7 Å². The van der Waals surface area contributed by atoms with Crippen LogP contribution in [0.2, 0.25) is 0 Å². The van der Waals surface area contributed by atoms with Crippen molar-refractivity contribution in [1.82, 2.24) is 14.9 Å².